The quantitative estimate of drug-likeness (QED) is 0.488. The minimum atomic E-state index is -1.04. The summed E-state index contributed by atoms with van der Waals surface area (Å²) in [6.07, 6.45) is -0.201. The standard InChI is InChI=1S/C20H15Cl2N5O3/c21-12-7-4-8-13(16(12)22)24-18(29)11-9-14(28)25-17-15(11)19(30)27-20(26-17)23-10-5-2-1-3-6-10/h1-8,11H,9H2,(H,24,29)(H3,23,25,26,27,28,30)/t11-/m0/s1. The molecule has 0 aliphatic carbocycles. The highest BCUT2D eigenvalue weighted by Crippen LogP contribution is 2.33. The van der Waals surface area contributed by atoms with Gasteiger partial charge in [0.15, 0.2) is 0 Å². The molecule has 10 heteroatoms. The van der Waals surface area contributed by atoms with Gasteiger partial charge in [0.2, 0.25) is 17.8 Å². The molecule has 1 aromatic heterocycles. The van der Waals surface area contributed by atoms with E-state index in [4.69, 9.17) is 23.2 Å². The summed E-state index contributed by atoms with van der Waals surface area (Å²) in [5.41, 5.74) is 0.528. The van der Waals surface area contributed by atoms with Crippen molar-refractivity contribution in [2.24, 2.45) is 0 Å². The molecule has 0 saturated heterocycles. The molecular formula is C20H15Cl2N5O3. The van der Waals surface area contributed by atoms with E-state index >= 15 is 0 Å². The highest BCUT2D eigenvalue weighted by atomic mass is 35.5. The van der Waals surface area contributed by atoms with E-state index in [0.29, 0.717) is 5.69 Å². The summed E-state index contributed by atoms with van der Waals surface area (Å²) in [4.78, 5) is 44.7. The summed E-state index contributed by atoms with van der Waals surface area (Å²) in [6.45, 7) is 0. The van der Waals surface area contributed by atoms with Crippen LogP contribution in [0, 0.1) is 0 Å². The number of carbonyl (C=O) groups excluding carboxylic acids is 2. The maximum absolute atomic E-state index is 12.9. The van der Waals surface area contributed by atoms with Gasteiger partial charge in [-0.25, -0.2) is 0 Å². The van der Waals surface area contributed by atoms with Crippen molar-refractivity contribution in [3.05, 3.63) is 74.5 Å². The second-order valence-corrected chi connectivity index (χ2v) is 7.35. The monoisotopic (exact) mass is 443 g/mol. The lowest BCUT2D eigenvalue weighted by Crippen LogP contribution is -2.36. The Hall–Kier alpha value is -3.36. The van der Waals surface area contributed by atoms with Crippen LogP contribution in [0.3, 0.4) is 0 Å². The molecule has 0 saturated carbocycles. The molecule has 4 N–H and O–H groups in total. The van der Waals surface area contributed by atoms with Gasteiger partial charge in [0, 0.05) is 12.1 Å². The Morgan fingerprint density at radius 3 is 2.60 bits per heavy atom. The van der Waals surface area contributed by atoms with Gasteiger partial charge >= 0.3 is 0 Å². The molecule has 1 aliphatic rings. The molecule has 8 nitrogen and oxygen atoms in total. The SMILES string of the molecule is O=C1C[C@H](C(=O)Nc2cccc(Cl)c2Cl)c2c(nc(Nc3ccccc3)[nH]c2=O)N1. The number of anilines is 4. The molecule has 3 aromatic rings. The molecule has 152 valence electrons. The van der Waals surface area contributed by atoms with Crippen molar-refractivity contribution in [1.29, 1.82) is 0 Å². The lowest BCUT2D eigenvalue weighted by atomic mass is 9.92. The summed E-state index contributed by atoms with van der Waals surface area (Å²) in [5, 5.41) is 8.59. The van der Waals surface area contributed by atoms with E-state index in [1.807, 2.05) is 18.2 Å². The van der Waals surface area contributed by atoms with Crippen LogP contribution in [-0.2, 0) is 9.59 Å². The number of hydrogen-bond donors (Lipinski definition) is 4. The zero-order chi connectivity index (χ0) is 21.3. The van der Waals surface area contributed by atoms with Gasteiger partial charge in [-0.15, -0.1) is 0 Å². The minimum absolute atomic E-state index is 0.0331. The number of benzene rings is 2. The van der Waals surface area contributed by atoms with Crippen molar-refractivity contribution in [1.82, 2.24) is 9.97 Å². The normalized spacial score (nSPS) is 15.1. The smallest absolute Gasteiger partial charge is 0.258 e. The molecule has 4 rings (SSSR count). The zero-order valence-electron chi connectivity index (χ0n) is 15.3. The van der Waals surface area contributed by atoms with Gasteiger partial charge in [0.05, 0.1) is 27.2 Å². The fraction of sp³-hybridized carbons (Fsp3) is 0.100. The fourth-order valence-corrected chi connectivity index (χ4v) is 3.48. The fourth-order valence-electron chi connectivity index (χ4n) is 3.13. The number of nitrogens with zero attached hydrogens (tertiary/aromatic N) is 1. The van der Waals surface area contributed by atoms with Crippen molar-refractivity contribution in [3.63, 3.8) is 0 Å². The molecule has 0 bridgehead atoms. The number of carbonyl (C=O) groups is 2. The van der Waals surface area contributed by atoms with Gasteiger partial charge < -0.3 is 16.0 Å². The third-order valence-electron chi connectivity index (χ3n) is 4.51. The molecule has 2 heterocycles. The third kappa shape index (κ3) is 4.00. The van der Waals surface area contributed by atoms with Crippen molar-refractivity contribution in [2.45, 2.75) is 12.3 Å². The predicted octanol–water partition coefficient (Wildman–Crippen LogP) is 3.88. The Morgan fingerprint density at radius 1 is 1.07 bits per heavy atom. The number of rotatable bonds is 4. The van der Waals surface area contributed by atoms with E-state index in [2.05, 4.69) is 25.9 Å². The molecule has 0 spiro atoms. The summed E-state index contributed by atoms with van der Waals surface area (Å²) >= 11 is 12.1. The number of amides is 2. The van der Waals surface area contributed by atoms with E-state index in [1.165, 1.54) is 0 Å². The Morgan fingerprint density at radius 2 is 1.83 bits per heavy atom. The number of aromatic amines is 1. The van der Waals surface area contributed by atoms with Crippen LogP contribution in [0.15, 0.2) is 53.3 Å². The van der Waals surface area contributed by atoms with Crippen LogP contribution in [0.25, 0.3) is 0 Å². The summed E-state index contributed by atoms with van der Waals surface area (Å²) < 4.78 is 0. The van der Waals surface area contributed by atoms with E-state index in [-0.39, 0.29) is 39.5 Å². The zero-order valence-corrected chi connectivity index (χ0v) is 16.8. The molecule has 2 aromatic carbocycles. The molecule has 2 amide bonds. The minimum Gasteiger partial charge on any atom is -0.326 e. The van der Waals surface area contributed by atoms with Crippen molar-refractivity contribution >= 4 is 58.2 Å². The first-order valence-corrected chi connectivity index (χ1v) is 9.69. The van der Waals surface area contributed by atoms with Crippen molar-refractivity contribution in [3.8, 4) is 0 Å². The second kappa shape index (κ2) is 8.17. The molecule has 0 fully saturated rings. The summed E-state index contributed by atoms with van der Waals surface area (Å²) in [6, 6.07) is 13.9. The highest BCUT2D eigenvalue weighted by molar-refractivity contribution is 6.44. The van der Waals surface area contributed by atoms with Crippen LogP contribution in [0.4, 0.5) is 23.1 Å². The highest BCUT2D eigenvalue weighted by Gasteiger charge is 2.35. The molecule has 0 radical (unpaired) electrons. The lowest BCUT2D eigenvalue weighted by Gasteiger charge is -2.24. The van der Waals surface area contributed by atoms with Gasteiger partial charge in [-0.3, -0.25) is 19.4 Å². The largest absolute Gasteiger partial charge is 0.326 e. The first kappa shape index (κ1) is 19.9. The van der Waals surface area contributed by atoms with Crippen LogP contribution < -0.4 is 21.5 Å². The maximum atomic E-state index is 12.9. The van der Waals surface area contributed by atoms with E-state index in [9.17, 15) is 14.4 Å². The molecule has 30 heavy (non-hydrogen) atoms. The van der Waals surface area contributed by atoms with E-state index < -0.39 is 23.3 Å². The first-order valence-electron chi connectivity index (χ1n) is 8.93. The Kier molecular flexibility index (Phi) is 5.43. The average Bonchev–Trinajstić information content (AvgIpc) is 2.71. The van der Waals surface area contributed by atoms with Gasteiger partial charge in [-0.05, 0) is 24.3 Å². The molecule has 0 unspecified atom stereocenters. The Labute approximate surface area is 180 Å². The number of halogens is 2. The molecule has 1 atom stereocenters. The second-order valence-electron chi connectivity index (χ2n) is 6.56. The number of fused-ring (bicyclic) bond motifs is 1. The molecule has 1 aliphatic heterocycles. The average molecular weight is 444 g/mol. The van der Waals surface area contributed by atoms with Gasteiger partial charge in [-0.2, -0.15) is 4.98 Å². The van der Waals surface area contributed by atoms with Gasteiger partial charge in [0.1, 0.15) is 5.82 Å². The summed E-state index contributed by atoms with van der Waals surface area (Å²) in [5.74, 6) is -1.85. The lowest BCUT2D eigenvalue weighted by molar-refractivity contribution is -0.123. The number of nitrogens with one attached hydrogen (secondary N) is 4. The van der Waals surface area contributed by atoms with E-state index in [0.717, 1.165) is 0 Å². The van der Waals surface area contributed by atoms with Crippen LogP contribution in [0.1, 0.15) is 17.9 Å². The number of aromatic nitrogens is 2. The van der Waals surface area contributed by atoms with Crippen LogP contribution >= 0.6 is 23.2 Å². The predicted molar refractivity (Wildman–Crippen MR) is 116 cm³/mol. The van der Waals surface area contributed by atoms with Gasteiger partial charge in [-0.1, -0.05) is 47.5 Å². The molecular weight excluding hydrogens is 429 g/mol. The van der Waals surface area contributed by atoms with Crippen LogP contribution in [0.5, 0.6) is 0 Å². The van der Waals surface area contributed by atoms with Crippen LogP contribution in [0.2, 0.25) is 10.0 Å². The van der Waals surface area contributed by atoms with Crippen molar-refractivity contribution in [2.75, 3.05) is 16.0 Å². The first-order chi connectivity index (χ1) is 14.4. The van der Waals surface area contributed by atoms with E-state index in [1.54, 1.807) is 30.3 Å². The number of H-pyrrole nitrogens is 1. The Bertz CT molecular complexity index is 1200. The van der Waals surface area contributed by atoms with Crippen molar-refractivity contribution < 1.29 is 9.59 Å². The topological polar surface area (TPSA) is 116 Å². The van der Waals surface area contributed by atoms with Gasteiger partial charge in [0.25, 0.3) is 5.56 Å². The number of para-hydroxylation sites is 1. The summed E-state index contributed by atoms with van der Waals surface area (Å²) in [7, 11) is 0. The maximum Gasteiger partial charge on any atom is 0.258 e. The number of hydrogen-bond acceptors (Lipinski definition) is 5. The van der Waals surface area contributed by atoms with Crippen LogP contribution in [-0.4, -0.2) is 21.8 Å². The Balaban J connectivity index is 1.66. The third-order valence-corrected chi connectivity index (χ3v) is 5.33.